The molecule has 0 saturated heterocycles. The Hall–Kier alpha value is -1.14. The third kappa shape index (κ3) is 7.24. The summed E-state index contributed by atoms with van der Waals surface area (Å²) >= 11 is 0. The molecule has 0 fully saturated rings. The fourth-order valence-corrected chi connectivity index (χ4v) is 1.46. The summed E-state index contributed by atoms with van der Waals surface area (Å²) in [5, 5.41) is 14.6. The summed E-state index contributed by atoms with van der Waals surface area (Å²) in [4.78, 5) is 22.7. The molecule has 18 heavy (non-hydrogen) atoms. The zero-order valence-electron chi connectivity index (χ0n) is 11.4. The van der Waals surface area contributed by atoms with Gasteiger partial charge in [0.05, 0.1) is 0 Å². The average Bonchev–Trinajstić information content (AvgIpc) is 2.34. The van der Waals surface area contributed by atoms with Crippen molar-refractivity contribution in [2.75, 3.05) is 26.8 Å². The number of aliphatic carboxylic acids is 1. The van der Waals surface area contributed by atoms with Gasteiger partial charge in [0.25, 0.3) is 0 Å². The molecule has 1 amide bonds. The third-order valence-electron chi connectivity index (χ3n) is 2.60. The summed E-state index contributed by atoms with van der Waals surface area (Å²) in [7, 11) is 1.56. The first-order valence-electron chi connectivity index (χ1n) is 6.25. The van der Waals surface area contributed by atoms with Crippen LogP contribution in [0, 0.1) is 5.92 Å². The highest BCUT2D eigenvalue weighted by atomic mass is 16.5. The van der Waals surface area contributed by atoms with Gasteiger partial charge >= 0.3 is 5.97 Å². The standard InChI is InChI=1S/C12H24N2O4/c1-4-13-8-9(2)11(15)14-10(12(16)17)6-5-7-18-3/h9-10,13H,4-8H2,1-3H3,(H,14,15)(H,16,17). The summed E-state index contributed by atoms with van der Waals surface area (Å²) in [6, 6.07) is -0.836. The maximum absolute atomic E-state index is 11.8. The fraction of sp³-hybridized carbons (Fsp3) is 0.833. The van der Waals surface area contributed by atoms with Crippen molar-refractivity contribution in [2.24, 2.45) is 5.92 Å². The highest BCUT2D eigenvalue weighted by molar-refractivity contribution is 5.84. The van der Waals surface area contributed by atoms with Crippen LogP contribution < -0.4 is 10.6 Å². The van der Waals surface area contributed by atoms with Crippen LogP contribution in [0.4, 0.5) is 0 Å². The van der Waals surface area contributed by atoms with Crippen LogP contribution in [-0.2, 0) is 14.3 Å². The first kappa shape index (κ1) is 16.9. The van der Waals surface area contributed by atoms with Gasteiger partial charge in [-0.1, -0.05) is 13.8 Å². The Morgan fingerprint density at radius 2 is 2.06 bits per heavy atom. The van der Waals surface area contributed by atoms with Crippen molar-refractivity contribution in [1.29, 1.82) is 0 Å². The Morgan fingerprint density at radius 3 is 2.56 bits per heavy atom. The number of amides is 1. The molecule has 0 saturated carbocycles. The molecular formula is C12H24N2O4. The van der Waals surface area contributed by atoms with Gasteiger partial charge in [-0.3, -0.25) is 4.79 Å². The van der Waals surface area contributed by atoms with Gasteiger partial charge in [-0.25, -0.2) is 4.79 Å². The van der Waals surface area contributed by atoms with E-state index in [0.717, 1.165) is 6.54 Å². The number of rotatable bonds is 10. The molecule has 0 bridgehead atoms. The number of carboxylic acid groups (broad SMARTS) is 1. The van der Waals surface area contributed by atoms with Crippen LogP contribution in [0.3, 0.4) is 0 Å². The van der Waals surface area contributed by atoms with E-state index in [1.54, 1.807) is 14.0 Å². The minimum absolute atomic E-state index is 0.235. The molecule has 0 radical (unpaired) electrons. The van der Waals surface area contributed by atoms with Gasteiger partial charge in [-0.15, -0.1) is 0 Å². The molecular weight excluding hydrogens is 236 g/mol. The minimum Gasteiger partial charge on any atom is -0.480 e. The lowest BCUT2D eigenvalue weighted by atomic mass is 10.1. The molecule has 0 aliphatic heterocycles. The van der Waals surface area contributed by atoms with Gasteiger partial charge in [0.1, 0.15) is 6.04 Å². The summed E-state index contributed by atoms with van der Waals surface area (Å²) in [5.41, 5.74) is 0. The van der Waals surface area contributed by atoms with Crippen LogP contribution in [0.15, 0.2) is 0 Å². The van der Waals surface area contributed by atoms with E-state index in [1.165, 1.54) is 0 Å². The summed E-state index contributed by atoms with van der Waals surface area (Å²) < 4.78 is 4.86. The molecule has 3 N–H and O–H groups in total. The molecule has 0 rings (SSSR count). The lowest BCUT2D eigenvalue weighted by Gasteiger charge is -2.17. The van der Waals surface area contributed by atoms with Crippen LogP contribution in [0.25, 0.3) is 0 Å². The Balaban J connectivity index is 4.14. The zero-order valence-corrected chi connectivity index (χ0v) is 11.4. The zero-order chi connectivity index (χ0) is 14.0. The maximum Gasteiger partial charge on any atom is 0.326 e. The number of ether oxygens (including phenoxy) is 1. The van der Waals surface area contributed by atoms with Gasteiger partial charge in [0.15, 0.2) is 0 Å². The highest BCUT2D eigenvalue weighted by Gasteiger charge is 2.22. The van der Waals surface area contributed by atoms with Crippen molar-refractivity contribution in [1.82, 2.24) is 10.6 Å². The number of carbonyl (C=O) groups is 2. The van der Waals surface area contributed by atoms with E-state index in [0.29, 0.717) is 26.0 Å². The first-order valence-corrected chi connectivity index (χ1v) is 6.25. The van der Waals surface area contributed by atoms with E-state index in [4.69, 9.17) is 9.84 Å². The highest BCUT2D eigenvalue weighted by Crippen LogP contribution is 2.01. The first-order chi connectivity index (χ1) is 8.52. The number of carboxylic acids is 1. The van der Waals surface area contributed by atoms with Gasteiger partial charge < -0.3 is 20.5 Å². The molecule has 2 unspecified atom stereocenters. The number of nitrogens with one attached hydrogen (secondary N) is 2. The average molecular weight is 260 g/mol. The van der Waals surface area contributed by atoms with Crippen molar-refractivity contribution in [3.63, 3.8) is 0 Å². The monoisotopic (exact) mass is 260 g/mol. The Bertz CT molecular complexity index is 258. The van der Waals surface area contributed by atoms with Crippen LogP contribution in [0.2, 0.25) is 0 Å². The molecule has 6 heteroatoms. The van der Waals surface area contributed by atoms with Crippen molar-refractivity contribution in [3.8, 4) is 0 Å². The van der Waals surface area contributed by atoms with Crippen molar-refractivity contribution in [3.05, 3.63) is 0 Å². The second-order valence-electron chi connectivity index (χ2n) is 4.24. The van der Waals surface area contributed by atoms with Gasteiger partial charge in [0, 0.05) is 26.2 Å². The van der Waals surface area contributed by atoms with Crippen LogP contribution in [-0.4, -0.2) is 49.8 Å². The number of methoxy groups -OCH3 is 1. The Morgan fingerprint density at radius 1 is 1.39 bits per heavy atom. The van der Waals surface area contributed by atoms with E-state index in [2.05, 4.69) is 10.6 Å². The second-order valence-corrected chi connectivity index (χ2v) is 4.24. The Labute approximate surface area is 108 Å². The third-order valence-corrected chi connectivity index (χ3v) is 2.60. The van der Waals surface area contributed by atoms with E-state index >= 15 is 0 Å². The molecule has 0 spiro atoms. The number of carbonyl (C=O) groups excluding carboxylic acids is 1. The molecule has 6 nitrogen and oxygen atoms in total. The van der Waals surface area contributed by atoms with Crippen molar-refractivity contribution < 1.29 is 19.4 Å². The molecule has 0 aromatic heterocycles. The van der Waals surface area contributed by atoms with Crippen molar-refractivity contribution >= 4 is 11.9 Å². The van der Waals surface area contributed by atoms with Gasteiger partial charge in [-0.2, -0.15) is 0 Å². The second kappa shape index (κ2) is 9.85. The quantitative estimate of drug-likeness (QED) is 0.489. The summed E-state index contributed by atoms with van der Waals surface area (Å²) in [6.07, 6.45) is 0.984. The smallest absolute Gasteiger partial charge is 0.326 e. The molecule has 0 aromatic rings. The molecule has 0 aromatic carbocycles. The SMILES string of the molecule is CCNCC(C)C(=O)NC(CCCOC)C(=O)O. The summed E-state index contributed by atoms with van der Waals surface area (Å²) in [6.45, 7) is 5.55. The number of hydrogen-bond donors (Lipinski definition) is 3. The minimum atomic E-state index is -1.00. The molecule has 0 aliphatic rings. The normalized spacial score (nSPS) is 13.9. The van der Waals surface area contributed by atoms with Crippen molar-refractivity contribution in [2.45, 2.75) is 32.7 Å². The molecule has 106 valence electrons. The van der Waals surface area contributed by atoms with E-state index in [9.17, 15) is 9.59 Å². The fourth-order valence-electron chi connectivity index (χ4n) is 1.46. The number of hydrogen-bond acceptors (Lipinski definition) is 4. The topological polar surface area (TPSA) is 87.7 Å². The van der Waals surface area contributed by atoms with Crippen LogP contribution >= 0.6 is 0 Å². The van der Waals surface area contributed by atoms with E-state index < -0.39 is 12.0 Å². The lowest BCUT2D eigenvalue weighted by molar-refractivity contribution is -0.142. The van der Waals surface area contributed by atoms with Gasteiger partial charge in [0.2, 0.25) is 5.91 Å². The maximum atomic E-state index is 11.8. The largest absolute Gasteiger partial charge is 0.480 e. The predicted molar refractivity (Wildman–Crippen MR) is 68.4 cm³/mol. The van der Waals surface area contributed by atoms with E-state index in [-0.39, 0.29) is 11.8 Å². The molecule has 0 heterocycles. The Kier molecular flexibility index (Phi) is 9.22. The molecule has 2 atom stereocenters. The van der Waals surface area contributed by atoms with E-state index in [1.807, 2.05) is 6.92 Å². The van der Waals surface area contributed by atoms with Crippen LogP contribution in [0.1, 0.15) is 26.7 Å². The summed E-state index contributed by atoms with van der Waals surface area (Å²) in [5.74, 6) is -1.48. The van der Waals surface area contributed by atoms with Gasteiger partial charge in [-0.05, 0) is 19.4 Å². The lowest BCUT2D eigenvalue weighted by Crippen LogP contribution is -2.45. The molecule has 0 aliphatic carbocycles. The predicted octanol–water partition coefficient (Wildman–Crippen LogP) is 0.228. The van der Waals surface area contributed by atoms with Crippen LogP contribution in [0.5, 0.6) is 0 Å².